The number of nitrogens with zero attached hydrogens (tertiary/aromatic N) is 1. The van der Waals surface area contributed by atoms with E-state index in [-0.39, 0.29) is 31.2 Å². The summed E-state index contributed by atoms with van der Waals surface area (Å²) >= 11 is 0. The Balaban J connectivity index is 3.93. The second kappa shape index (κ2) is 6.11. The third kappa shape index (κ3) is 6.82. The van der Waals surface area contributed by atoms with Crippen LogP contribution in [0.2, 0.25) is 0 Å². The van der Waals surface area contributed by atoms with Crippen LogP contribution in [-0.2, 0) is 9.59 Å². The van der Waals surface area contributed by atoms with Gasteiger partial charge in [-0.2, -0.15) is 5.26 Å². The fourth-order valence-electron chi connectivity index (χ4n) is 1.12. The second-order valence-corrected chi connectivity index (χ2v) is 4.68. The molecule has 1 unspecified atom stereocenters. The summed E-state index contributed by atoms with van der Waals surface area (Å²) in [6.07, 6.45) is 0.156. The van der Waals surface area contributed by atoms with Crippen LogP contribution in [0.1, 0.15) is 33.6 Å². The highest BCUT2D eigenvalue weighted by molar-refractivity contribution is 5.77. The Morgan fingerprint density at radius 3 is 2.44 bits per heavy atom. The van der Waals surface area contributed by atoms with Crippen molar-refractivity contribution >= 4 is 11.9 Å². The number of aliphatic carboxylic acids is 1. The van der Waals surface area contributed by atoms with Crippen molar-refractivity contribution in [2.45, 2.75) is 33.6 Å². The molecular weight excluding hydrogens is 208 g/mol. The van der Waals surface area contributed by atoms with Crippen LogP contribution in [-0.4, -0.2) is 23.5 Å². The Labute approximate surface area is 95.4 Å². The lowest BCUT2D eigenvalue weighted by atomic mass is 9.95. The lowest BCUT2D eigenvalue weighted by Gasteiger charge is -2.16. The molecule has 0 radical (unpaired) electrons. The molecule has 0 rings (SSSR count). The highest BCUT2D eigenvalue weighted by Gasteiger charge is 2.19. The van der Waals surface area contributed by atoms with Crippen molar-refractivity contribution in [1.29, 1.82) is 5.26 Å². The highest BCUT2D eigenvalue weighted by atomic mass is 16.4. The van der Waals surface area contributed by atoms with E-state index < -0.39 is 11.4 Å². The van der Waals surface area contributed by atoms with Crippen molar-refractivity contribution in [1.82, 2.24) is 5.32 Å². The van der Waals surface area contributed by atoms with Crippen molar-refractivity contribution in [3.63, 3.8) is 0 Å². The normalized spacial score (nSPS) is 12.6. The lowest BCUT2D eigenvalue weighted by molar-refractivity contribution is -0.138. The average molecular weight is 226 g/mol. The number of hydrogen-bond donors (Lipinski definition) is 2. The topological polar surface area (TPSA) is 90.2 Å². The van der Waals surface area contributed by atoms with Crippen molar-refractivity contribution in [2.75, 3.05) is 6.54 Å². The fourth-order valence-corrected chi connectivity index (χ4v) is 1.12. The third-order valence-electron chi connectivity index (χ3n) is 2.09. The fraction of sp³-hybridized carbons (Fsp3) is 0.727. The van der Waals surface area contributed by atoms with E-state index in [1.165, 1.54) is 0 Å². The van der Waals surface area contributed by atoms with E-state index in [2.05, 4.69) is 11.4 Å². The Hall–Kier alpha value is -1.57. The van der Waals surface area contributed by atoms with Gasteiger partial charge in [-0.15, -0.1) is 0 Å². The van der Waals surface area contributed by atoms with E-state index in [1.54, 1.807) is 20.8 Å². The van der Waals surface area contributed by atoms with Crippen LogP contribution >= 0.6 is 0 Å². The molecule has 1 amide bonds. The van der Waals surface area contributed by atoms with Crippen molar-refractivity contribution in [2.24, 2.45) is 11.3 Å². The molecule has 90 valence electrons. The summed E-state index contributed by atoms with van der Waals surface area (Å²) in [5.74, 6) is -1.31. The minimum absolute atomic E-state index is 0.0188. The third-order valence-corrected chi connectivity index (χ3v) is 2.09. The van der Waals surface area contributed by atoms with E-state index in [0.717, 1.165) is 0 Å². The molecule has 2 N–H and O–H groups in total. The van der Waals surface area contributed by atoms with Crippen molar-refractivity contribution in [3.8, 4) is 6.07 Å². The molecular formula is C11H18N2O3. The Kier molecular flexibility index (Phi) is 5.51. The molecule has 0 spiro atoms. The summed E-state index contributed by atoms with van der Waals surface area (Å²) in [5, 5.41) is 19.9. The number of amides is 1. The Bertz CT molecular complexity index is 305. The number of hydrogen-bond acceptors (Lipinski definition) is 3. The first-order valence-corrected chi connectivity index (χ1v) is 5.16. The van der Waals surface area contributed by atoms with Gasteiger partial charge in [0.25, 0.3) is 0 Å². The number of rotatable bonds is 6. The zero-order valence-electron chi connectivity index (χ0n) is 9.91. The lowest BCUT2D eigenvalue weighted by Crippen LogP contribution is -2.34. The van der Waals surface area contributed by atoms with Gasteiger partial charge in [0.1, 0.15) is 0 Å². The van der Waals surface area contributed by atoms with E-state index in [9.17, 15) is 9.59 Å². The summed E-state index contributed by atoms with van der Waals surface area (Å²) in [4.78, 5) is 21.8. The van der Waals surface area contributed by atoms with Crippen LogP contribution in [0.3, 0.4) is 0 Å². The Morgan fingerprint density at radius 1 is 1.44 bits per heavy atom. The Morgan fingerprint density at radius 2 is 2.00 bits per heavy atom. The van der Waals surface area contributed by atoms with Gasteiger partial charge in [0.2, 0.25) is 5.91 Å². The second-order valence-electron chi connectivity index (χ2n) is 4.68. The first-order valence-electron chi connectivity index (χ1n) is 5.16. The minimum atomic E-state index is -0.905. The molecule has 0 aliphatic heterocycles. The van der Waals surface area contributed by atoms with Gasteiger partial charge in [0, 0.05) is 19.4 Å². The quantitative estimate of drug-likeness (QED) is 0.711. The largest absolute Gasteiger partial charge is 0.481 e. The van der Waals surface area contributed by atoms with E-state index >= 15 is 0 Å². The van der Waals surface area contributed by atoms with Gasteiger partial charge in [-0.25, -0.2) is 0 Å². The molecule has 5 heteroatoms. The molecule has 0 saturated carbocycles. The predicted molar refractivity (Wildman–Crippen MR) is 58.4 cm³/mol. The van der Waals surface area contributed by atoms with Crippen molar-refractivity contribution < 1.29 is 14.7 Å². The molecule has 0 fully saturated rings. The van der Waals surface area contributed by atoms with Crippen LogP contribution in [0.4, 0.5) is 0 Å². The monoisotopic (exact) mass is 226 g/mol. The summed E-state index contributed by atoms with van der Waals surface area (Å²) in [6.45, 7) is 5.45. The molecule has 0 saturated heterocycles. The van der Waals surface area contributed by atoms with Gasteiger partial charge in [0.05, 0.1) is 11.5 Å². The SMILES string of the molecule is CC(CC(=O)O)CC(=O)NCC(C)(C)C#N. The number of carboxylic acid groups (broad SMARTS) is 1. The predicted octanol–water partition coefficient (Wildman–Crippen LogP) is 1.15. The number of carbonyl (C=O) groups is 2. The molecule has 0 heterocycles. The number of carboxylic acids is 1. The first kappa shape index (κ1) is 14.4. The maximum absolute atomic E-state index is 11.4. The molecule has 0 aromatic heterocycles. The van der Waals surface area contributed by atoms with E-state index in [1.807, 2.05) is 0 Å². The summed E-state index contributed by atoms with van der Waals surface area (Å²) in [7, 11) is 0. The van der Waals surface area contributed by atoms with Crippen LogP contribution < -0.4 is 5.32 Å². The van der Waals surface area contributed by atoms with Gasteiger partial charge in [-0.05, 0) is 19.8 Å². The molecule has 0 aliphatic rings. The van der Waals surface area contributed by atoms with Crippen LogP contribution in [0, 0.1) is 22.7 Å². The minimum Gasteiger partial charge on any atom is -0.481 e. The molecule has 0 bridgehead atoms. The van der Waals surface area contributed by atoms with Crippen molar-refractivity contribution in [3.05, 3.63) is 0 Å². The molecule has 0 aliphatic carbocycles. The number of nitriles is 1. The van der Waals surface area contributed by atoms with Gasteiger partial charge in [-0.1, -0.05) is 6.92 Å². The molecule has 5 nitrogen and oxygen atoms in total. The zero-order valence-corrected chi connectivity index (χ0v) is 9.91. The molecule has 0 aromatic rings. The van der Waals surface area contributed by atoms with Gasteiger partial charge < -0.3 is 10.4 Å². The molecule has 0 aromatic carbocycles. The van der Waals surface area contributed by atoms with Gasteiger partial charge in [-0.3, -0.25) is 9.59 Å². The van der Waals surface area contributed by atoms with E-state index in [0.29, 0.717) is 0 Å². The standard InChI is InChI=1S/C11H18N2O3/c1-8(5-10(15)16)4-9(14)13-7-11(2,3)6-12/h8H,4-5,7H2,1-3H3,(H,13,14)(H,15,16). The smallest absolute Gasteiger partial charge is 0.303 e. The van der Waals surface area contributed by atoms with E-state index in [4.69, 9.17) is 10.4 Å². The first-order chi connectivity index (χ1) is 7.26. The van der Waals surface area contributed by atoms with Crippen LogP contribution in [0.25, 0.3) is 0 Å². The van der Waals surface area contributed by atoms with Gasteiger partial charge >= 0.3 is 5.97 Å². The highest BCUT2D eigenvalue weighted by Crippen LogP contribution is 2.12. The molecule has 16 heavy (non-hydrogen) atoms. The average Bonchev–Trinajstić information content (AvgIpc) is 2.13. The van der Waals surface area contributed by atoms with Crippen LogP contribution in [0.15, 0.2) is 0 Å². The maximum atomic E-state index is 11.4. The molecule has 1 atom stereocenters. The number of carbonyl (C=O) groups excluding carboxylic acids is 1. The van der Waals surface area contributed by atoms with Crippen LogP contribution in [0.5, 0.6) is 0 Å². The summed E-state index contributed by atoms with van der Waals surface area (Å²) in [5.41, 5.74) is -0.592. The number of nitrogens with one attached hydrogen (secondary N) is 1. The maximum Gasteiger partial charge on any atom is 0.303 e. The van der Waals surface area contributed by atoms with Gasteiger partial charge in [0.15, 0.2) is 0 Å². The zero-order chi connectivity index (χ0) is 12.8. The summed E-state index contributed by atoms with van der Waals surface area (Å²) in [6, 6.07) is 2.07. The summed E-state index contributed by atoms with van der Waals surface area (Å²) < 4.78 is 0.